The van der Waals surface area contributed by atoms with Gasteiger partial charge in [0.15, 0.2) is 0 Å². The van der Waals surface area contributed by atoms with Gasteiger partial charge in [0, 0.05) is 12.5 Å². The number of aldehydes is 1. The Kier molecular flexibility index (Phi) is 13.4. The molecule has 6 unspecified atom stereocenters. The first-order valence-corrected chi connectivity index (χ1v) is 14.2. The average Bonchev–Trinajstić information content (AvgIpc) is 3.32. The molecular weight excluding hydrogens is 471 g/mol. The van der Waals surface area contributed by atoms with Gasteiger partial charge in [-0.05, 0) is 91.8 Å². The van der Waals surface area contributed by atoms with Gasteiger partial charge in [-0.2, -0.15) is 0 Å². The highest BCUT2D eigenvalue weighted by molar-refractivity contribution is 6.40. The van der Waals surface area contributed by atoms with Gasteiger partial charge in [0.1, 0.15) is 6.29 Å². The lowest BCUT2D eigenvalue weighted by Gasteiger charge is -2.45. The van der Waals surface area contributed by atoms with Crippen LogP contribution in [0, 0.1) is 46.3 Å². The van der Waals surface area contributed by atoms with Crippen molar-refractivity contribution in [3.8, 4) is 0 Å². The number of carbonyl (C=O) groups excluding carboxylic acids is 1. The van der Waals surface area contributed by atoms with Crippen LogP contribution in [-0.2, 0) is 4.79 Å². The van der Waals surface area contributed by atoms with Crippen molar-refractivity contribution in [3.05, 3.63) is 0 Å². The fourth-order valence-corrected chi connectivity index (χ4v) is 8.40. The van der Waals surface area contributed by atoms with Crippen LogP contribution < -0.4 is 0 Å². The molecule has 0 saturated heterocycles. The third-order valence-corrected chi connectivity index (χ3v) is 10.1. The van der Waals surface area contributed by atoms with Crippen molar-refractivity contribution in [2.75, 3.05) is 11.9 Å². The maximum Gasteiger partial charge on any atom is 0.123 e. The normalized spacial score (nSPS) is 42.4. The van der Waals surface area contributed by atoms with Crippen molar-refractivity contribution >= 4 is 29.5 Å². The molecular formula is C28H52Cl2O4. The van der Waals surface area contributed by atoms with Crippen LogP contribution in [0.25, 0.3) is 0 Å². The number of alkyl halides is 2. The minimum Gasteiger partial charge on any atom is -0.396 e. The van der Waals surface area contributed by atoms with Gasteiger partial charge >= 0.3 is 0 Å². The van der Waals surface area contributed by atoms with E-state index in [0.717, 1.165) is 51.2 Å². The largest absolute Gasteiger partial charge is 0.396 e. The lowest BCUT2D eigenvalue weighted by Crippen LogP contribution is -2.41. The first-order valence-electron chi connectivity index (χ1n) is 13.1. The zero-order valence-electron chi connectivity index (χ0n) is 21.2. The summed E-state index contributed by atoms with van der Waals surface area (Å²) in [4.78, 5) is 10.9. The second kappa shape index (κ2) is 14.2. The summed E-state index contributed by atoms with van der Waals surface area (Å²) in [6, 6.07) is 0. The zero-order valence-corrected chi connectivity index (χ0v) is 22.7. The Labute approximate surface area is 219 Å². The summed E-state index contributed by atoms with van der Waals surface area (Å²) in [5.41, 5.74) is 0.512. The van der Waals surface area contributed by atoms with Crippen LogP contribution in [0.4, 0.5) is 0 Å². The van der Waals surface area contributed by atoms with E-state index in [4.69, 9.17) is 23.2 Å². The predicted molar refractivity (Wildman–Crippen MR) is 143 cm³/mol. The van der Waals surface area contributed by atoms with Gasteiger partial charge < -0.3 is 20.1 Å². The van der Waals surface area contributed by atoms with Crippen molar-refractivity contribution in [1.82, 2.24) is 0 Å². The molecule has 4 nitrogen and oxygen atoms in total. The summed E-state index contributed by atoms with van der Waals surface area (Å²) in [6.07, 6.45) is 12.1. The first-order chi connectivity index (χ1) is 15.6. The second-order valence-electron chi connectivity index (χ2n) is 11.8. The van der Waals surface area contributed by atoms with Crippen LogP contribution in [0.5, 0.6) is 0 Å². The summed E-state index contributed by atoms with van der Waals surface area (Å²) in [5.74, 6) is 2.59. The van der Waals surface area contributed by atoms with Gasteiger partial charge in [-0.25, -0.2) is 0 Å². The van der Waals surface area contributed by atoms with Gasteiger partial charge in [-0.1, -0.05) is 48.0 Å². The van der Waals surface area contributed by atoms with Crippen LogP contribution in [0.15, 0.2) is 0 Å². The minimum atomic E-state index is -0.118. The molecule has 0 spiro atoms. The highest BCUT2D eigenvalue weighted by Crippen LogP contribution is 2.58. The molecule has 4 rings (SSSR count). The maximum absolute atomic E-state index is 10.9. The lowest BCUT2D eigenvalue weighted by atomic mass is 9.62. The van der Waals surface area contributed by atoms with E-state index >= 15 is 0 Å². The Hall–Kier alpha value is 0.130. The second-order valence-corrected chi connectivity index (χ2v) is 12.6. The number of halogens is 2. The number of fused-ring (bicyclic) bond motifs is 2. The Balaban J connectivity index is 0.000000297. The summed E-state index contributed by atoms with van der Waals surface area (Å²) in [6.45, 7) is 9.11. The molecule has 0 aromatic rings. The fourth-order valence-electron chi connectivity index (χ4n) is 8.40. The van der Waals surface area contributed by atoms with Crippen molar-refractivity contribution in [1.29, 1.82) is 0 Å². The molecule has 10 atom stereocenters. The Morgan fingerprint density at radius 3 is 1.68 bits per heavy atom. The molecule has 0 aromatic carbocycles. The smallest absolute Gasteiger partial charge is 0.123 e. The van der Waals surface area contributed by atoms with Crippen LogP contribution in [-0.4, -0.2) is 45.8 Å². The van der Waals surface area contributed by atoms with Crippen LogP contribution >= 0.6 is 23.2 Å². The van der Waals surface area contributed by atoms with Gasteiger partial charge in [-0.3, -0.25) is 0 Å². The van der Waals surface area contributed by atoms with Crippen molar-refractivity contribution in [2.24, 2.45) is 46.3 Å². The van der Waals surface area contributed by atoms with E-state index in [1.807, 2.05) is 6.92 Å². The molecule has 0 amide bonds. The highest BCUT2D eigenvalue weighted by Gasteiger charge is 2.53. The summed E-state index contributed by atoms with van der Waals surface area (Å²) in [5, 5.41) is 29.6. The molecule has 4 saturated carbocycles. The monoisotopic (exact) mass is 522 g/mol. The molecule has 0 aliphatic heterocycles. The molecule has 0 heterocycles. The lowest BCUT2D eigenvalue weighted by molar-refractivity contribution is -0.114. The number of carbonyl (C=O) groups is 1. The topological polar surface area (TPSA) is 77.8 Å². The molecule has 202 valence electrons. The Morgan fingerprint density at radius 1 is 0.853 bits per heavy atom. The molecule has 0 radical (unpaired) electrons. The van der Waals surface area contributed by atoms with Gasteiger partial charge in [0.05, 0.1) is 17.5 Å². The van der Waals surface area contributed by atoms with E-state index in [9.17, 15) is 20.1 Å². The number of rotatable bonds is 4. The van der Waals surface area contributed by atoms with E-state index in [1.54, 1.807) is 0 Å². The number of hydrogen-bond donors (Lipinski definition) is 3. The third kappa shape index (κ3) is 6.71. The highest BCUT2D eigenvalue weighted by atomic mass is 35.5. The third-order valence-electron chi connectivity index (χ3n) is 10.1. The van der Waals surface area contributed by atoms with Crippen molar-refractivity contribution in [2.45, 2.75) is 112 Å². The molecule has 0 bridgehead atoms. The van der Waals surface area contributed by atoms with E-state index < -0.39 is 0 Å². The van der Waals surface area contributed by atoms with Crippen molar-refractivity contribution < 1.29 is 20.1 Å². The van der Waals surface area contributed by atoms with Crippen LogP contribution in [0.1, 0.15) is 99.3 Å². The van der Waals surface area contributed by atoms with Gasteiger partial charge in [0.25, 0.3) is 0 Å². The number of hydrogen-bond acceptors (Lipinski definition) is 4. The average molecular weight is 524 g/mol. The number of aliphatic hydroxyl groups excluding tert-OH is 3. The Morgan fingerprint density at radius 2 is 1.26 bits per heavy atom. The van der Waals surface area contributed by atoms with E-state index in [0.29, 0.717) is 41.6 Å². The molecule has 3 N–H and O–H groups in total. The molecule has 4 aliphatic carbocycles. The molecule has 0 aromatic heterocycles. The molecule has 6 heteroatoms. The quantitative estimate of drug-likeness (QED) is 0.285. The van der Waals surface area contributed by atoms with E-state index in [-0.39, 0.29) is 36.3 Å². The van der Waals surface area contributed by atoms with E-state index in [2.05, 4.69) is 20.8 Å². The van der Waals surface area contributed by atoms with Crippen molar-refractivity contribution in [3.63, 3.8) is 0 Å². The fraction of sp³-hybridized carbons (Fsp3) is 0.964. The predicted octanol–water partition coefficient (Wildman–Crippen LogP) is 6.65. The van der Waals surface area contributed by atoms with Gasteiger partial charge in [-0.15, -0.1) is 23.2 Å². The maximum atomic E-state index is 10.9. The zero-order chi connectivity index (χ0) is 24.8. The molecule has 4 fully saturated rings. The number of aliphatic hydroxyl groups is 3. The SMILES string of the molecule is C.CC(C=O)C1CCC2[C@@H](O)CCC[C@]12C.CC(CO)C1CCC2[C@@H](O)CCC[C@]12C.ClCCl. The molecule has 34 heavy (non-hydrogen) atoms. The minimum absolute atomic E-state index is 0. The standard InChI is InChI=1S/C13H24O2.C13H22O2.CH2Cl2.CH4/c2*1-9(8-14)10-5-6-11-12(15)4-3-7-13(10,11)2;2-1-3;/h9-12,14-15H,3-8H2,1-2H3;8-12,15H,3-7H2,1-2H3;1H2;1H4/t2*9?,10?,11?,12-,13+;;/m00../s1. The van der Waals surface area contributed by atoms with Crippen LogP contribution in [0.3, 0.4) is 0 Å². The summed E-state index contributed by atoms with van der Waals surface area (Å²) in [7, 11) is 0. The molecule has 4 aliphatic rings. The Bertz CT molecular complexity index is 605. The first kappa shape index (κ1) is 32.2. The van der Waals surface area contributed by atoms with Crippen LogP contribution in [0.2, 0.25) is 0 Å². The van der Waals surface area contributed by atoms with Gasteiger partial charge in [0.2, 0.25) is 0 Å². The summed E-state index contributed by atoms with van der Waals surface area (Å²) < 4.78 is 0. The van der Waals surface area contributed by atoms with E-state index in [1.165, 1.54) is 19.3 Å². The summed E-state index contributed by atoms with van der Waals surface area (Å²) >= 11 is 9.53.